The van der Waals surface area contributed by atoms with Gasteiger partial charge in [0.1, 0.15) is 5.82 Å². The molecule has 2 aliphatic rings. The van der Waals surface area contributed by atoms with Gasteiger partial charge in [0.05, 0.1) is 11.6 Å². The fraction of sp³-hybridized carbons (Fsp3) is 0.364. The van der Waals surface area contributed by atoms with Gasteiger partial charge in [0, 0.05) is 38.4 Å². The zero-order valence-corrected chi connectivity index (χ0v) is 16.0. The normalized spacial score (nSPS) is 18.1. The molecule has 0 aliphatic carbocycles. The molecule has 1 saturated heterocycles. The molecule has 1 unspecified atom stereocenters. The Morgan fingerprint density at radius 2 is 1.61 bits per heavy atom. The summed E-state index contributed by atoms with van der Waals surface area (Å²) in [5.41, 5.74) is 2.32. The van der Waals surface area contributed by atoms with Gasteiger partial charge in [0.2, 0.25) is 5.91 Å². The first-order chi connectivity index (χ1) is 13.6. The number of hydrogen-bond acceptors (Lipinski definition) is 3. The number of hydrogen-bond donors (Lipinski definition) is 0. The number of anilines is 1. The minimum absolute atomic E-state index is 0.0961. The second-order valence-electron chi connectivity index (χ2n) is 7.35. The Hall–Kier alpha value is -2.73. The summed E-state index contributed by atoms with van der Waals surface area (Å²) in [5.74, 6) is -0.685. The van der Waals surface area contributed by atoms with Crippen LogP contribution in [0.3, 0.4) is 0 Å². The lowest BCUT2D eigenvalue weighted by Gasteiger charge is -2.38. The first-order valence-electron chi connectivity index (χ1n) is 9.73. The summed E-state index contributed by atoms with van der Waals surface area (Å²) in [6.45, 7) is 4.82. The molecule has 28 heavy (non-hydrogen) atoms. The number of carbonyl (C=O) groups excluding carboxylic acids is 2. The van der Waals surface area contributed by atoms with E-state index in [2.05, 4.69) is 11.0 Å². The molecule has 2 heterocycles. The predicted molar refractivity (Wildman–Crippen MR) is 106 cm³/mol. The van der Waals surface area contributed by atoms with Gasteiger partial charge in [-0.2, -0.15) is 0 Å². The van der Waals surface area contributed by atoms with Crippen molar-refractivity contribution in [3.05, 3.63) is 65.5 Å². The fourth-order valence-electron chi connectivity index (χ4n) is 4.07. The van der Waals surface area contributed by atoms with Crippen LogP contribution in [-0.2, 0) is 11.2 Å². The highest BCUT2D eigenvalue weighted by Crippen LogP contribution is 2.28. The minimum atomic E-state index is -0.494. The Labute approximate surface area is 164 Å². The second-order valence-corrected chi connectivity index (χ2v) is 7.35. The Kier molecular flexibility index (Phi) is 5.13. The van der Waals surface area contributed by atoms with Crippen LogP contribution < -0.4 is 4.90 Å². The number of para-hydroxylation sites is 1. The lowest BCUT2D eigenvalue weighted by atomic mass is 10.1. The molecule has 2 aromatic rings. The average Bonchev–Trinajstić information content (AvgIpc) is 3.17. The van der Waals surface area contributed by atoms with E-state index in [0.717, 1.165) is 12.1 Å². The molecular formula is C22H24FN3O2. The highest BCUT2D eigenvalue weighted by atomic mass is 19.1. The maximum absolute atomic E-state index is 13.9. The van der Waals surface area contributed by atoms with Gasteiger partial charge in [-0.3, -0.25) is 14.5 Å². The Balaban J connectivity index is 1.38. The van der Waals surface area contributed by atoms with E-state index >= 15 is 0 Å². The van der Waals surface area contributed by atoms with Crippen molar-refractivity contribution in [3.8, 4) is 0 Å². The minimum Gasteiger partial charge on any atom is -0.336 e. The van der Waals surface area contributed by atoms with Crippen LogP contribution in [0.4, 0.5) is 10.1 Å². The van der Waals surface area contributed by atoms with E-state index < -0.39 is 5.82 Å². The molecule has 0 bridgehead atoms. The van der Waals surface area contributed by atoms with Gasteiger partial charge in [-0.15, -0.1) is 0 Å². The quantitative estimate of drug-likeness (QED) is 0.821. The molecule has 0 spiro atoms. The lowest BCUT2D eigenvalue weighted by molar-refractivity contribution is -0.123. The smallest absolute Gasteiger partial charge is 0.256 e. The van der Waals surface area contributed by atoms with Crippen LogP contribution in [0, 0.1) is 5.82 Å². The topological polar surface area (TPSA) is 43.9 Å². The van der Waals surface area contributed by atoms with Gasteiger partial charge in [-0.25, -0.2) is 4.39 Å². The van der Waals surface area contributed by atoms with Crippen LogP contribution in [0.5, 0.6) is 0 Å². The van der Waals surface area contributed by atoms with Gasteiger partial charge in [-0.1, -0.05) is 30.3 Å². The first-order valence-corrected chi connectivity index (χ1v) is 9.73. The van der Waals surface area contributed by atoms with Crippen LogP contribution in [0.25, 0.3) is 0 Å². The Morgan fingerprint density at radius 3 is 2.36 bits per heavy atom. The first kappa shape index (κ1) is 18.6. The van der Waals surface area contributed by atoms with Gasteiger partial charge in [0.25, 0.3) is 5.91 Å². The third kappa shape index (κ3) is 3.40. The number of rotatable bonds is 3. The molecule has 1 atom stereocenters. The average molecular weight is 381 g/mol. The van der Waals surface area contributed by atoms with E-state index in [-0.39, 0.29) is 23.4 Å². The second kappa shape index (κ2) is 7.72. The maximum Gasteiger partial charge on any atom is 0.256 e. The predicted octanol–water partition coefficient (Wildman–Crippen LogP) is 2.56. The summed E-state index contributed by atoms with van der Waals surface area (Å²) in [6, 6.07) is 13.8. The molecule has 0 N–H and O–H groups in total. The lowest BCUT2D eigenvalue weighted by Crippen LogP contribution is -2.55. The van der Waals surface area contributed by atoms with Crippen LogP contribution >= 0.6 is 0 Å². The number of halogens is 1. The molecule has 2 amide bonds. The summed E-state index contributed by atoms with van der Waals surface area (Å²) in [6.07, 6.45) is 0.888. The molecule has 2 aliphatic heterocycles. The monoisotopic (exact) mass is 381 g/mol. The number of fused-ring (bicyclic) bond motifs is 1. The van der Waals surface area contributed by atoms with E-state index in [4.69, 9.17) is 0 Å². The molecule has 1 fully saturated rings. The maximum atomic E-state index is 13.9. The van der Waals surface area contributed by atoms with Crippen LogP contribution in [0.1, 0.15) is 22.8 Å². The van der Waals surface area contributed by atoms with E-state index in [1.165, 1.54) is 17.7 Å². The van der Waals surface area contributed by atoms with Gasteiger partial charge in [-0.05, 0) is 37.1 Å². The number of benzene rings is 2. The van der Waals surface area contributed by atoms with E-state index in [1.807, 2.05) is 30.0 Å². The van der Waals surface area contributed by atoms with E-state index in [1.54, 1.807) is 17.0 Å². The summed E-state index contributed by atoms with van der Waals surface area (Å²) in [5, 5.41) is 0. The van der Waals surface area contributed by atoms with Crippen molar-refractivity contribution in [3.63, 3.8) is 0 Å². The number of carbonyl (C=O) groups is 2. The molecule has 2 aromatic carbocycles. The molecule has 0 aromatic heterocycles. The zero-order chi connectivity index (χ0) is 19.7. The summed E-state index contributed by atoms with van der Waals surface area (Å²) < 4.78 is 13.9. The van der Waals surface area contributed by atoms with E-state index in [0.29, 0.717) is 32.7 Å². The molecule has 4 rings (SSSR count). The fourth-order valence-corrected chi connectivity index (χ4v) is 4.07. The largest absolute Gasteiger partial charge is 0.336 e. The van der Waals surface area contributed by atoms with Crippen LogP contribution in [0.15, 0.2) is 48.5 Å². The molecule has 5 nitrogen and oxygen atoms in total. The van der Waals surface area contributed by atoms with Crippen LogP contribution in [-0.4, -0.2) is 60.4 Å². The SMILES string of the molecule is CC(C(=O)N1CCc2ccccc21)N1CCN(C(=O)c2ccccc2F)CC1. The third-order valence-electron chi connectivity index (χ3n) is 5.76. The number of amides is 2. The van der Waals surface area contributed by atoms with Crippen molar-refractivity contribution in [2.24, 2.45) is 0 Å². The van der Waals surface area contributed by atoms with Crippen molar-refractivity contribution in [2.45, 2.75) is 19.4 Å². The molecule has 6 heteroatoms. The molecule has 0 radical (unpaired) electrons. The van der Waals surface area contributed by atoms with Crippen molar-refractivity contribution >= 4 is 17.5 Å². The van der Waals surface area contributed by atoms with Crippen molar-refractivity contribution in [1.82, 2.24) is 9.80 Å². The Morgan fingerprint density at radius 1 is 0.929 bits per heavy atom. The van der Waals surface area contributed by atoms with Gasteiger partial charge >= 0.3 is 0 Å². The van der Waals surface area contributed by atoms with Gasteiger partial charge < -0.3 is 9.80 Å². The number of piperazine rings is 1. The van der Waals surface area contributed by atoms with Gasteiger partial charge in [0.15, 0.2) is 0 Å². The third-order valence-corrected chi connectivity index (χ3v) is 5.76. The summed E-state index contributed by atoms with van der Waals surface area (Å²) >= 11 is 0. The highest BCUT2D eigenvalue weighted by molar-refractivity contribution is 5.99. The number of nitrogens with zero attached hydrogens (tertiary/aromatic N) is 3. The van der Waals surface area contributed by atoms with Crippen molar-refractivity contribution in [1.29, 1.82) is 0 Å². The van der Waals surface area contributed by atoms with E-state index in [9.17, 15) is 14.0 Å². The summed E-state index contributed by atoms with van der Waals surface area (Å²) in [4.78, 5) is 31.3. The van der Waals surface area contributed by atoms with Crippen LogP contribution in [0.2, 0.25) is 0 Å². The zero-order valence-electron chi connectivity index (χ0n) is 16.0. The Bertz CT molecular complexity index is 893. The highest BCUT2D eigenvalue weighted by Gasteiger charge is 2.33. The summed E-state index contributed by atoms with van der Waals surface area (Å²) in [7, 11) is 0. The molecule has 146 valence electrons. The standard InChI is InChI=1S/C22H24FN3O2/c1-16(21(27)26-11-10-17-6-2-5-9-20(17)26)24-12-14-25(15-13-24)22(28)18-7-3-4-8-19(18)23/h2-9,16H,10-15H2,1H3. The van der Waals surface area contributed by atoms with Crippen molar-refractivity contribution < 1.29 is 14.0 Å². The molecule has 0 saturated carbocycles. The molecular weight excluding hydrogens is 357 g/mol. The van der Waals surface area contributed by atoms with Crippen molar-refractivity contribution in [2.75, 3.05) is 37.6 Å².